The molecule has 1 saturated heterocycles. The number of amides is 1. The van der Waals surface area contributed by atoms with Crippen LogP contribution in [-0.4, -0.2) is 38.6 Å². The second kappa shape index (κ2) is 4.87. The number of halogens is 1. The quantitative estimate of drug-likeness (QED) is 0.526. The van der Waals surface area contributed by atoms with Gasteiger partial charge in [0, 0.05) is 24.0 Å². The molecule has 1 aromatic rings. The summed E-state index contributed by atoms with van der Waals surface area (Å²) in [5.74, 6) is -0.317. The van der Waals surface area contributed by atoms with Gasteiger partial charge in [0.1, 0.15) is 0 Å². The van der Waals surface area contributed by atoms with Crippen molar-refractivity contribution in [2.24, 2.45) is 0 Å². The van der Waals surface area contributed by atoms with Crippen molar-refractivity contribution in [1.29, 1.82) is 0 Å². The third kappa shape index (κ3) is 2.33. The molecule has 1 unspecified atom stereocenters. The maximum Gasteiger partial charge on any atom is 0.321 e. The van der Waals surface area contributed by atoms with Crippen LogP contribution < -0.4 is 0 Å². The number of hydrogen-bond donors (Lipinski definition) is 1. The summed E-state index contributed by atoms with van der Waals surface area (Å²) in [6.07, 6.45) is 1.95. The molecule has 1 amide bonds. The summed E-state index contributed by atoms with van der Waals surface area (Å²) in [5.41, 5.74) is 0.282. The Bertz CT molecular complexity index is 446. The fraction of sp³-hybridized carbons (Fsp3) is 0.500. The minimum atomic E-state index is -0.539. The second-order valence-electron chi connectivity index (χ2n) is 3.96. The molecule has 6 nitrogen and oxygen atoms in total. The lowest BCUT2D eigenvalue weighted by atomic mass is 10.2. The van der Waals surface area contributed by atoms with E-state index < -0.39 is 4.92 Å². The topological polar surface area (TPSA) is 79.2 Å². The zero-order chi connectivity index (χ0) is 12.4. The molecule has 1 fully saturated rings. The molecule has 1 N–H and O–H groups in total. The normalized spacial score (nSPS) is 19.6. The Morgan fingerprint density at radius 2 is 2.41 bits per heavy atom. The number of aromatic amines is 1. The van der Waals surface area contributed by atoms with Crippen molar-refractivity contribution in [3.8, 4) is 0 Å². The van der Waals surface area contributed by atoms with Gasteiger partial charge in [0.05, 0.1) is 0 Å². The van der Waals surface area contributed by atoms with E-state index in [0.717, 1.165) is 18.2 Å². The molecule has 2 heterocycles. The summed E-state index contributed by atoms with van der Waals surface area (Å²) < 4.78 is 0. The lowest BCUT2D eigenvalue weighted by Gasteiger charge is -2.21. The van der Waals surface area contributed by atoms with E-state index in [9.17, 15) is 14.9 Å². The Morgan fingerprint density at radius 3 is 3.00 bits per heavy atom. The molecule has 17 heavy (non-hydrogen) atoms. The zero-order valence-corrected chi connectivity index (χ0v) is 10.6. The molecule has 0 bridgehead atoms. The number of rotatable bonds is 3. The average molecular weight is 302 g/mol. The molecule has 7 heteroatoms. The smallest absolute Gasteiger partial charge is 0.321 e. The standard InChI is InChI=1S/C10H12BrN3O3/c11-6-7-2-1-5-13(7)10(15)8-3-4-9(12-8)14(16)17/h3-4,7,12H,1-2,5-6H2. The van der Waals surface area contributed by atoms with Crippen molar-refractivity contribution in [2.45, 2.75) is 18.9 Å². The van der Waals surface area contributed by atoms with Crippen LogP contribution >= 0.6 is 15.9 Å². The van der Waals surface area contributed by atoms with Crippen LogP contribution in [0.3, 0.4) is 0 Å². The van der Waals surface area contributed by atoms with Gasteiger partial charge in [-0.25, -0.2) is 4.98 Å². The maximum absolute atomic E-state index is 12.1. The highest BCUT2D eigenvalue weighted by Gasteiger charge is 2.30. The molecule has 0 spiro atoms. The Morgan fingerprint density at radius 1 is 1.65 bits per heavy atom. The van der Waals surface area contributed by atoms with E-state index in [2.05, 4.69) is 20.9 Å². The molecule has 0 aromatic carbocycles. The number of likely N-dealkylation sites (tertiary alicyclic amines) is 1. The molecule has 1 aliphatic rings. The zero-order valence-electron chi connectivity index (χ0n) is 9.06. The number of nitrogens with one attached hydrogen (secondary N) is 1. The van der Waals surface area contributed by atoms with Gasteiger partial charge in [-0.15, -0.1) is 0 Å². The first kappa shape index (κ1) is 12.1. The molecular weight excluding hydrogens is 290 g/mol. The van der Waals surface area contributed by atoms with Crippen molar-refractivity contribution in [3.05, 3.63) is 27.9 Å². The van der Waals surface area contributed by atoms with E-state index in [0.29, 0.717) is 6.54 Å². The number of carbonyl (C=O) groups is 1. The van der Waals surface area contributed by atoms with E-state index >= 15 is 0 Å². The van der Waals surface area contributed by atoms with Gasteiger partial charge in [0.15, 0.2) is 5.69 Å². The molecule has 1 aliphatic heterocycles. The Labute approximate surface area is 106 Å². The minimum Gasteiger partial charge on any atom is -0.358 e. The third-order valence-electron chi connectivity index (χ3n) is 2.91. The van der Waals surface area contributed by atoms with Gasteiger partial charge in [0.25, 0.3) is 5.91 Å². The van der Waals surface area contributed by atoms with Crippen LogP contribution in [0.15, 0.2) is 12.1 Å². The van der Waals surface area contributed by atoms with Gasteiger partial charge < -0.3 is 15.0 Å². The minimum absolute atomic E-state index is 0.150. The van der Waals surface area contributed by atoms with Gasteiger partial charge in [-0.1, -0.05) is 15.9 Å². The van der Waals surface area contributed by atoms with Gasteiger partial charge in [-0.05, 0) is 23.8 Å². The van der Waals surface area contributed by atoms with Gasteiger partial charge in [-0.2, -0.15) is 0 Å². The Balaban J connectivity index is 2.16. The highest BCUT2D eigenvalue weighted by Crippen LogP contribution is 2.22. The summed E-state index contributed by atoms with van der Waals surface area (Å²) in [7, 11) is 0. The van der Waals surface area contributed by atoms with Crippen LogP contribution in [0.2, 0.25) is 0 Å². The number of alkyl halides is 1. The predicted molar refractivity (Wildman–Crippen MR) is 65.3 cm³/mol. The van der Waals surface area contributed by atoms with Crippen molar-refractivity contribution in [3.63, 3.8) is 0 Å². The first-order chi connectivity index (χ1) is 8.13. The van der Waals surface area contributed by atoms with Crippen LogP contribution in [0.25, 0.3) is 0 Å². The molecular formula is C10H12BrN3O3. The van der Waals surface area contributed by atoms with Gasteiger partial charge in [0.2, 0.25) is 0 Å². The monoisotopic (exact) mass is 301 g/mol. The molecule has 0 saturated carbocycles. The van der Waals surface area contributed by atoms with Crippen LogP contribution in [0.4, 0.5) is 5.82 Å². The number of aromatic nitrogens is 1. The first-order valence-corrected chi connectivity index (χ1v) is 6.46. The number of nitro groups is 1. The van der Waals surface area contributed by atoms with Crippen molar-refractivity contribution in [2.75, 3.05) is 11.9 Å². The van der Waals surface area contributed by atoms with E-state index in [1.165, 1.54) is 12.1 Å². The summed E-state index contributed by atoms with van der Waals surface area (Å²) >= 11 is 3.37. The van der Waals surface area contributed by atoms with Crippen LogP contribution in [0.5, 0.6) is 0 Å². The van der Waals surface area contributed by atoms with E-state index in [4.69, 9.17) is 0 Å². The number of carbonyl (C=O) groups excluding carboxylic acids is 1. The fourth-order valence-electron chi connectivity index (χ4n) is 2.03. The Kier molecular flexibility index (Phi) is 3.46. The molecule has 0 aliphatic carbocycles. The largest absolute Gasteiger partial charge is 0.358 e. The molecule has 92 valence electrons. The third-order valence-corrected chi connectivity index (χ3v) is 3.66. The van der Waals surface area contributed by atoms with E-state index in [1.807, 2.05) is 0 Å². The van der Waals surface area contributed by atoms with Crippen molar-refractivity contribution < 1.29 is 9.72 Å². The predicted octanol–water partition coefficient (Wildman–Crippen LogP) is 1.92. The van der Waals surface area contributed by atoms with Crippen LogP contribution in [0.1, 0.15) is 23.3 Å². The highest BCUT2D eigenvalue weighted by atomic mass is 79.9. The number of nitrogens with zero attached hydrogens (tertiary/aromatic N) is 2. The van der Waals surface area contributed by atoms with E-state index in [1.54, 1.807) is 4.90 Å². The summed E-state index contributed by atoms with van der Waals surface area (Å²) in [5, 5.41) is 11.3. The Hall–Kier alpha value is -1.37. The van der Waals surface area contributed by atoms with Crippen LogP contribution in [-0.2, 0) is 0 Å². The maximum atomic E-state index is 12.1. The number of H-pyrrole nitrogens is 1. The average Bonchev–Trinajstić information content (AvgIpc) is 2.96. The van der Waals surface area contributed by atoms with Gasteiger partial charge in [-0.3, -0.25) is 4.79 Å². The summed E-state index contributed by atoms with van der Waals surface area (Å²) in [6.45, 7) is 0.710. The molecule has 1 aromatic heterocycles. The lowest BCUT2D eigenvalue weighted by molar-refractivity contribution is -0.389. The highest BCUT2D eigenvalue weighted by molar-refractivity contribution is 9.09. The fourth-order valence-corrected chi connectivity index (χ4v) is 2.71. The van der Waals surface area contributed by atoms with Crippen molar-refractivity contribution >= 4 is 27.7 Å². The molecule has 0 radical (unpaired) electrons. The SMILES string of the molecule is O=C(c1ccc([N+](=O)[O-])[nH]1)N1CCCC1CBr. The molecule has 1 atom stereocenters. The summed E-state index contributed by atoms with van der Waals surface area (Å²) in [6, 6.07) is 2.96. The van der Waals surface area contributed by atoms with Gasteiger partial charge >= 0.3 is 5.82 Å². The second-order valence-corrected chi connectivity index (χ2v) is 4.61. The number of hydrogen-bond acceptors (Lipinski definition) is 3. The van der Waals surface area contributed by atoms with Crippen molar-refractivity contribution in [1.82, 2.24) is 9.88 Å². The van der Waals surface area contributed by atoms with E-state index in [-0.39, 0.29) is 23.5 Å². The summed E-state index contributed by atoms with van der Waals surface area (Å²) in [4.78, 5) is 26.4. The molecule has 2 rings (SSSR count). The van der Waals surface area contributed by atoms with Crippen LogP contribution in [0, 0.1) is 10.1 Å². The first-order valence-electron chi connectivity index (χ1n) is 5.34. The lowest BCUT2D eigenvalue weighted by Crippen LogP contribution is -2.36.